The second-order valence-electron chi connectivity index (χ2n) is 5.84. The maximum atomic E-state index is 5.95. The number of nitrogens with two attached hydrogens (primary N) is 1. The Morgan fingerprint density at radius 3 is 2.55 bits per heavy atom. The lowest BCUT2D eigenvalue weighted by Crippen LogP contribution is -2.31. The molecule has 4 heteroatoms. The van der Waals surface area contributed by atoms with Crippen molar-refractivity contribution in [3.63, 3.8) is 0 Å². The van der Waals surface area contributed by atoms with Crippen LogP contribution in [0.3, 0.4) is 0 Å². The van der Waals surface area contributed by atoms with Gasteiger partial charge in [-0.25, -0.2) is 0 Å². The number of nitrogen functional groups attached to an aromatic ring is 1. The minimum atomic E-state index is 0.151. The van der Waals surface area contributed by atoms with Gasteiger partial charge in [0.05, 0.1) is 6.10 Å². The molecule has 1 fully saturated rings. The molecule has 2 rings (SSSR count). The molecular formula is C16H26N2O2. The molecule has 3 N–H and O–H groups in total. The molecule has 20 heavy (non-hydrogen) atoms. The van der Waals surface area contributed by atoms with Crippen LogP contribution in [-0.4, -0.2) is 25.4 Å². The third-order valence-electron chi connectivity index (χ3n) is 3.67. The Hall–Kier alpha value is -1.42. The van der Waals surface area contributed by atoms with Crippen LogP contribution in [0.2, 0.25) is 0 Å². The van der Waals surface area contributed by atoms with E-state index in [1.54, 1.807) is 0 Å². The highest BCUT2D eigenvalue weighted by atomic mass is 16.5. The zero-order valence-electron chi connectivity index (χ0n) is 12.7. The minimum absolute atomic E-state index is 0.151. The monoisotopic (exact) mass is 278 g/mol. The third kappa shape index (κ3) is 4.30. The van der Waals surface area contributed by atoms with Crippen LogP contribution >= 0.6 is 0 Å². The highest BCUT2D eigenvalue weighted by Gasteiger charge is 2.20. The van der Waals surface area contributed by atoms with Crippen molar-refractivity contribution in [2.45, 2.75) is 45.8 Å². The lowest BCUT2D eigenvalue weighted by Gasteiger charge is -2.29. The highest BCUT2D eigenvalue weighted by molar-refractivity contribution is 5.59. The van der Waals surface area contributed by atoms with Crippen LogP contribution in [-0.2, 0) is 4.74 Å². The van der Waals surface area contributed by atoms with Gasteiger partial charge < -0.3 is 20.5 Å². The van der Waals surface area contributed by atoms with Gasteiger partial charge in [-0.15, -0.1) is 0 Å². The Morgan fingerprint density at radius 2 is 1.90 bits per heavy atom. The molecule has 0 spiro atoms. The summed E-state index contributed by atoms with van der Waals surface area (Å²) in [4.78, 5) is 0. The van der Waals surface area contributed by atoms with Gasteiger partial charge in [0.1, 0.15) is 5.75 Å². The van der Waals surface area contributed by atoms with Crippen LogP contribution in [0.5, 0.6) is 5.75 Å². The molecule has 0 bridgehead atoms. The second-order valence-corrected chi connectivity index (χ2v) is 5.84. The molecule has 1 aliphatic heterocycles. The van der Waals surface area contributed by atoms with Crippen molar-refractivity contribution in [1.82, 2.24) is 0 Å². The molecule has 112 valence electrons. The number of rotatable bonds is 5. The molecule has 0 aliphatic carbocycles. The zero-order valence-corrected chi connectivity index (χ0v) is 12.7. The summed E-state index contributed by atoms with van der Waals surface area (Å²) in [5.74, 6) is 1.47. The number of hydrogen-bond donors (Lipinski definition) is 2. The van der Waals surface area contributed by atoms with Gasteiger partial charge in [-0.2, -0.15) is 0 Å². The fraction of sp³-hybridized carbons (Fsp3) is 0.625. The molecule has 1 aromatic rings. The van der Waals surface area contributed by atoms with Gasteiger partial charge >= 0.3 is 0 Å². The standard InChI is InChI=1S/C16H26N2O2/c1-11(2)20-16-9-14(17)8-15(10-16)18-12(3)13-4-6-19-7-5-13/h8-13,18H,4-7,17H2,1-3H3. The molecule has 1 aliphatic rings. The van der Waals surface area contributed by atoms with E-state index in [2.05, 4.69) is 12.2 Å². The molecule has 1 unspecified atom stereocenters. The molecule has 0 saturated carbocycles. The van der Waals surface area contributed by atoms with Gasteiger partial charge in [0.15, 0.2) is 0 Å². The summed E-state index contributed by atoms with van der Waals surface area (Å²) in [6.07, 6.45) is 2.38. The van der Waals surface area contributed by atoms with E-state index in [1.807, 2.05) is 32.0 Å². The Bertz CT molecular complexity index is 428. The summed E-state index contributed by atoms with van der Waals surface area (Å²) >= 11 is 0. The summed E-state index contributed by atoms with van der Waals surface area (Å²) in [7, 11) is 0. The SMILES string of the molecule is CC(C)Oc1cc(N)cc(NC(C)C2CCOCC2)c1. The average molecular weight is 278 g/mol. The zero-order chi connectivity index (χ0) is 14.5. The van der Waals surface area contributed by atoms with Crippen LogP contribution in [0.25, 0.3) is 0 Å². The molecule has 0 amide bonds. The van der Waals surface area contributed by atoms with E-state index in [9.17, 15) is 0 Å². The molecule has 1 aromatic carbocycles. The first kappa shape index (κ1) is 15.0. The summed E-state index contributed by atoms with van der Waals surface area (Å²) in [6, 6.07) is 6.26. The summed E-state index contributed by atoms with van der Waals surface area (Å²) in [5.41, 5.74) is 7.70. The van der Waals surface area contributed by atoms with Crippen LogP contribution in [0.15, 0.2) is 18.2 Å². The van der Waals surface area contributed by atoms with Crippen molar-refractivity contribution in [3.05, 3.63) is 18.2 Å². The number of benzene rings is 1. The number of nitrogens with one attached hydrogen (secondary N) is 1. The molecule has 1 atom stereocenters. The van der Waals surface area contributed by atoms with Crippen LogP contribution in [0, 0.1) is 5.92 Å². The van der Waals surface area contributed by atoms with E-state index in [-0.39, 0.29) is 6.10 Å². The fourth-order valence-corrected chi connectivity index (χ4v) is 2.64. The van der Waals surface area contributed by atoms with Crippen molar-refractivity contribution < 1.29 is 9.47 Å². The molecular weight excluding hydrogens is 252 g/mol. The summed E-state index contributed by atoms with van der Waals surface area (Å²) in [6.45, 7) is 7.99. The van der Waals surface area contributed by atoms with Crippen LogP contribution < -0.4 is 15.8 Å². The Balaban J connectivity index is 2.02. The third-order valence-corrected chi connectivity index (χ3v) is 3.67. The maximum absolute atomic E-state index is 5.95. The summed E-state index contributed by atoms with van der Waals surface area (Å²) < 4.78 is 11.1. The normalized spacial score (nSPS) is 18.0. The van der Waals surface area contributed by atoms with Crippen molar-refractivity contribution in [1.29, 1.82) is 0 Å². The van der Waals surface area contributed by atoms with Crippen LogP contribution in [0.4, 0.5) is 11.4 Å². The van der Waals surface area contributed by atoms with Gasteiger partial charge in [-0.05, 0) is 45.6 Å². The lowest BCUT2D eigenvalue weighted by atomic mass is 9.93. The molecule has 1 heterocycles. The van der Waals surface area contributed by atoms with E-state index < -0.39 is 0 Å². The maximum Gasteiger partial charge on any atom is 0.123 e. The predicted octanol–water partition coefficient (Wildman–Crippen LogP) is 3.28. The largest absolute Gasteiger partial charge is 0.491 e. The number of anilines is 2. The first-order chi connectivity index (χ1) is 9.54. The van der Waals surface area contributed by atoms with E-state index in [0.717, 1.165) is 43.2 Å². The van der Waals surface area contributed by atoms with E-state index in [4.69, 9.17) is 15.2 Å². The predicted molar refractivity (Wildman–Crippen MR) is 83.2 cm³/mol. The van der Waals surface area contributed by atoms with Gasteiger partial charge in [-0.3, -0.25) is 0 Å². The molecule has 4 nitrogen and oxygen atoms in total. The topological polar surface area (TPSA) is 56.5 Å². The Kier molecular flexibility index (Phi) is 5.12. The van der Waals surface area contributed by atoms with E-state index >= 15 is 0 Å². The smallest absolute Gasteiger partial charge is 0.123 e. The molecule has 1 saturated heterocycles. The van der Waals surface area contributed by atoms with Crippen molar-refractivity contribution in [3.8, 4) is 5.75 Å². The van der Waals surface area contributed by atoms with Gasteiger partial charge in [-0.1, -0.05) is 0 Å². The minimum Gasteiger partial charge on any atom is -0.491 e. The van der Waals surface area contributed by atoms with E-state index in [1.165, 1.54) is 0 Å². The first-order valence-electron chi connectivity index (χ1n) is 7.46. The fourth-order valence-electron chi connectivity index (χ4n) is 2.64. The number of ether oxygens (including phenoxy) is 2. The van der Waals surface area contributed by atoms with Crippen molar-refractivity contribution in [2.24, 2.45) is 5.92 Å². The quantitative estimate of drug-likeness (QED) is 0.812. The average Bonchev–Trinajstić information content (AvgIpc) is 2.38. The van der Waals surface area contributed by atoms with Crippen molar-refractivity contribution >= 4 is 11.4 Å². The van der Waals surface area contributed by atoms with Gasteiger partial charge in [0.25, 0.3) is 0 Å². The Labute approximate surface area is 121 Å². The lowest BCUT2D eigenvalue weighted by molar-refractivity contribution is 0.0622. The molecule has 0 aromatic heterocycles. The first-order valence-corrected chi connectivity index (χ1v) is 7.46. The Morgan fingerprint density at radius 1 is 1.20 bits per heavy atom. The second kappa shape index (κ2) is 6.84. The summed E-state index contributed by atoms with van der Waals surface area (Å²) in [5, 5.41) is 3.55. The number of hydrogen-bond acceptors (Lipinski definition) is 4. The highest BCUT2D eigenvalue weighted by Crippen LogP contribution is 2.27. The van der Waals surface area contributed by atoms with E-state index in [0.29, 0.717) is 12.0 Å². The van der Waals surface area contributed by atoms with Crippen molar-refractivity contribution in [2.75, 3.05) is 24.3 Å². The van der Waals surface area contributed by atoms with Crippen LogP contribution in [0.1, 0.15) is 33.6 Å². The van der Waals surface area contributed by atoms with Gasteiger partial charge in [0.2, 0.25) is 0 Å². The van der Waals surface area contributed by atoms with Gasteiger partial charge in [0, 0.05) is 42.8 Å². The molecule has 0 radical (unpaired) electrons.